The molecule has 6 heteroatoms. The number of ether oxygens (including phenoxy) is 3. The molecule has 0 rings (SSSR count). The zero-order valence-electron chi connectivity index (χ0n) is 52.5. The normalized spacial score (nSPS) is 13.1. The van der Waals surface area contributed by atoms with Crippen molar-refractivity contribution >= 4 is 17.9 Å². The summed E-state index contributed by atoms with van der Waals surface area (Å²) in [6.45, 7) is 6.44. The van der Waals surface area contributed by atoms with E-state index in [1.165, 1.54) is 122 Å². The second-order valence-corrected chi connectivity index (χ2v) is 21.6. The molecule has 6 nitrogen and oxygen atoms in total. The highest BCUT2D eigenvalue weighted by atomic mass is 16.6. The van der Waals surface area contributed by atoms with E-state index in [1.54, 1.807) is 0 Å². The zero-order valence-corrected chi connectivity index (χ0v) is 52.5. The van der Waals surface area contributed by atoms with E-state index in [9.17, 15) is 14.4 Å². The van der Waals surface area contributed by atoms with Crippen LogP contribution in [0.15, 0.2) is 146 Å². The lowest BCUT2D eigenvalue weighted by molar-refractivity contribution is -0.167. The first kappa shape index (κ1) is 76.3. The van der Waals surface area contributed by atoms with E-state index in [0.29, 0.717) is 19.3 Å². The van der Waals surface area contributed by atoms with E-state index in [4.69, 9.17) is 14.2 Å². The molecular formula is C75H122O6. The number of allylic oxidation sites excluding steroid dienone is 24. The van der Waals surface area contributed by atoms with E-state index < -0.39 is 6.10 Å². The molecule has 0 N–H and O–H groups in total. The van der Waals surface area contributed by atoms with Gasteiger partial charge in [0.2, 0.25) is 0 Å². The Balaban J connectivity index is 4.54. The summed E-state index contributed by atoms with van der Waals surface area (Å²) in [5, 5.41) is 0. The molecule has 0 aromatic heterocycles. The molecule has 0 aliphatic heterocycles. The number of carbonyl (C=O) groups is 3. The Hall–Kier alpha value is -4.71. The number of hydrogen-bond acceptors (Lipinski definition) is 6. The number of carbonyl (C=O) groups excluding carboxylic acids is 3. The van der Waals surface area contributed by atoms with E-state index in [1.807, 2.05) is 0 Å². The van der Waals surface area contributed by atoms with Crippen LogP contribution in [-0.2, 0) is 28.6 Å². The van der Waals surface area contributed by atoms with E-state index >= 15 is 0 Å². The number of hydrogen-bond donors (Lipinski definition) is 0. The fourth-order valence-electron chi connectivity index (χ4n) is 8.82. The number of unbranched alkanes of at least 4 members (excludes halogenated alkanes) is 24. The molecular weight excluding hydrogens is 997 g/mol. The van der Waals surface area contributed by atoms with Gasteiger partial charge < -0.3 is 14.2 Å². The minimum absolute atomic E-state index is 0.110. The topological polar surface area (TPSA) is 78.9 Å². The van der Waals surface area contributed by atoms with Gasteiger partial charge in [-0.3, -0.25) is 14.4 Å². The van der Waals surface area contributed by atoms with Gasteiger partial charge in [-0.2, -0.15) is 0 Å². The van der Waals surface area contributed by atoms with E-state index in [0.717, 1.165) is 122 Å². The highest BCUT2D eigenvalue weighted by Gasteiger charge is 2.19. The van der Waals surface area contributed by atoms with Crippen molar-refractivity contribution in [3.05, 3.63) is 146 Å². The standard InChI is InChI=1S/C75H122O6/c1-4-7-10-13-16-19-22-25-28-31-34-36-37-39-41-44-47-50-53-56-59-62-65-68-74(77)80-71-72(70-79-73(76)67-64-61-58-55-52-49-46-43-40-33-30-27-24-21-18-15-12-9-6-3)81-75(78)69-66-63-60-57-54-51-48-45-42-38-35-32-29-26-23-20-17-14-11-8-5-2/h7,10,16,18-19,21,23,25-28,30,32,34-36,39-41,43,47,50,56,59,72H,4-6,8-9,11-15,17,20,22,24,29,31,33,37-38,42,44-46,48-49,51-55,57-58,60-71H2,1-3H3/b10-7-,19-16-,21-18-,26-23-,28-25-,30-27-,35-32-,36-34-,41-39-,43-40-,50-47-,59-56-. The van der Waals surface area contributed by atoms with Crippen LogP contribution in [0.25, 0.3) is 0 Å². The minimum Gasteiger partial charge on any atom is -0.462 e. The summed E-state index contributed by atoms with van der Waals surface area (Å²) >= 11 is 0. The lowest BCUT2D eigenvalue weighted by atomic mass is 10.1. The number of esters is 3. The molecule has 1 unspecified atom stereocenters. The Morgan fingerprint density at radius 1 is 0.259 bits per heavy atom. The summed E-state index contributed by atoms with van der Waals surface area (Å²) < 4.78 is 16.9. The minimum atomic E-state index is -0.818. The molecule has 0 radical (unpaired) electrons. The summed E-state index contributed by atoms with van der Waals surface area (Å²) in [5.74, 6) is -0.985. The third-order valence-electron chi connectivity index (χ3n) is 13.8. The first-order valence-electron chi connectivity index (χ1n) is 33.3. The second kappa shape index (κ2) is 67.8. The summed E-state index contributed by atoms with van der Waals surface area (Å²) in [5.41, 5.74) is 0. The van der Waals surface area contributed by atoms with Crippen molar-refractivity contribution in [3.8, 4) is 0 Å². The highest BCUT2D eigenvalue weighted by molar-refractivity contribution is 5.71. The van der Waals surface area contributed by atoms with Crippen LogP contribution in [0.1, 0.15) is 290 Å². The molecule has 0 saturated heterocycles. The van der Waals surface area contributed by atoms with Gasteiger partial charge in [0.1, 0.15) is 13.2 Å². The van der Waals surface area contributed by atoms with Crippen LogP contribution in [0, 0.1) is 0 Å². The van der Waals surface area contributed by atoms with Crippen molar-refractivity contribution < 1.29 is 28.6 Å². The van der Waals surface area contributed by atoms with Gasteiger partial charge >= 0.3 is 17.9 Å². The van der Waals surface area contributed by atoms with Crippen LogP contribution in [0.5, 0.6) is 0 Å². The third-order valence-corrected chi connectivity index (χ3v) is 13.8. The molecule has 0 aromatic rings. The molecule has 0 heterocycles. The maximum Gasteiger partial charge on any atom is 0.306 e. The first-order valence-corrected chi connectivity index (χ1v) is 33.3. The van der Waals surface area contributed by atoms with Crippen molar-refractivity contribution in [1.82, 2.24) is 0 Å². The average molecular weight is 1120 g/mol. The Morgan fingerprint density at radius 2 is 0.494 bits per heavy atom. The maximum atomic E-state index is 12.9. The van der Waals surface area contributed by atoms with Crippen LogP contribution in [-0.4, -0.2) is 37.2 Å². The molecule has 458 valence electrons. The van der Waals surface area contributed by atoms with Crippen molar-refractivity contribution in [2.45, 2.75) is 297 Å². The van der Waals surface area contributed by atoms with Crippen LogP contribution >= 0.6 is 0 Å². The van der Waals surface area contributed by atoms with Crippen molar-refractivity contribution in [1.29, 1.82) is 0 Å². The Labute approximate surface area is 499 Å². The average Bonchev–Trinajstić information content (AvgIpc) is 3.47. The smallest absolute Gasteiger partial charge is 0.306 e. The van der Waals surface area contributed by atoms with Crippen LogP contribution in [0.2, 0.25) is 0 Å². The molecule has 0 saturated carbocycles. The Bertz CT molecular complexity index is 1760. The fourth-order valence-corrected chi connectivity index (χ4v) is 8.82. The zero-order chi connectivity index (χ0) is 58.5. The van der Waals surface area contributed by atoms with Crippen molar-refractivity contribution in [2.75, 3.05) is 13.2 Å². The summed E-state index contributed by atoms with van der Waals surface area (Å²) in [4.78, 5) is 38.4. The van der Waals surface area contributed by atoms with Gasteiger partial charge in [-0.15, -0.1) is 0 Å². The quantitative estimate of drug-likeness (QED) is 0.0261. The van der Waals surface area contributed by atoms with Gasteiger partial charge in [0.05, 0.1) is 0 Å². The molecule has 0 amide bonds. The van der Waals surface area contributed by atoms with Crippen molar-refractivity contribution in [3.63, 3.8) is 0 Å². The van der Waals surface area contributed by atoms with E-state index in [-0.39, 0.29) is 37.5 Å². The predicted molar refractivity (Wildman–Crippen MR) is 352 cm³/mol. The van der Waals surface area contributed by atoms with Crippen LogP contribution in [0.3, 0.4) is 0 Å². The molecule has 0 aliphatic rings. The third kappa shape index (κ3) is 66.0. The molecule has 0 aliphatic carbocycles. The van der Waals surface area contributed by atoms with Gasteiger partial charge in [-0.05, 0) is 141 Å². The molecule has 0 bridgehead atoms. The first-order chi connectivity index (χ1) is 40.0. The van der Waals surface area contributed by atoms with Gasteiger partial charge in [0, 0.05) is 19.3 Å². The molecule has 1 atom stereocenters. The summed E-state index contributed by atoms with van der Waals surface area (Å²) in [6, 6.07) is 0. The molecule has 0 spiro atoms. The van der Waals surface area contributed by atoms with Crippen LogP contribution < -0.4 is 0 Å². The second-order valence-electron chi connectivity index (χ2n) is 21.6. The lowest BCUT2D eigenvalue weighted by Gasteiger charge is -2.18. The molecule has 81 heavy (non-hydrogen) atoms. The van der Waals surface area contributed by atoms with Crippen molar-refractivity contribution in [2.24, 2.45) is 0 Å². The van der Waals surface area contributed by atoms with Crippen LogP contribution in [0.4, 0.5) is 0 Å². The van der Waals surface area contributed by atoms with Gasteiger partial charge in [-0.25, -0.2) is 0 Å². The van der Waals surface area contributed by atoms with E-state index in [2.05, 4.69) is 167 Å². The Kier molecular flexibility index (Phi) is 63.9. The highest BCUT2D eigenvalue weighted by Crippen LogP contribution is 2.15. The summed E-state index contributed by atoms with van der Waals surface area (Å²) in [7, 11) is 0. The number of rotatable bonds is 59. The predicted octanol–water partition coefficient (Wildman–Crippen LogP) is 23.1. The Morgan fingerprint density at radius 3 is 0.827 bits per heavy atom. The monoisotopic (exact) mass is 1120 g/mol. The maximum absolute atomic E-state index is 12.9. The lowest BCUT2D eigenvalue weighted by Crippen LogP contribution is -2.30. The van der Waals surface area contributed by atoms with Gasteiger partial charge in [0.25, 0.3) is 0 Å². The largest absolute Gasteiger partial charge is 0.462 e. The van der Waals surface area contributed by atoms with Gasteiger partial charge in [0.15, 0.2) is 6.10 Å². The van der Waals surface area contributed by atoms with Gasteiger partial charge in [-0.1, -0.05) is 276 Å². The SMILES string of the molecule is CC/C=C\C/C=C\C/C=C\C/C=C\C/C=C\C/C=C\C/C=C\CCCC(=O)OCC(COC(=O)CCCCCCCC/C=C\C/C=C\C/C=C\CCCCC)OC(=O)CCCCCCCCCCC/C=C\C/C=C\CCCCCCC. The summed E-state index contributed by atoms with van der Waals surface area (Å²) in [6.07, 6.45) is 97.1. The fraction of sp³-hybridized carbons (Fsp3) is 0.640. The molecule has 0 fully saturated rings. The molecule has 0 aromatic carbocycles.